The van der Waals surface area contributed by atoms with Crippen molar-refractivity contribution in [1.29, 1.82) is 0 Å². The lowest BCUT2D eigenvalue weighted by molar-refractivity contribution is 0.0837. The van der Waals surface area contributed by atoms with Gasteiger partial charge in [-0.15, -0.1) is 0 Å². The molecule has 1 aromatic heterocycles. The summed E-state index contributed by atoms with van der Waals surface area (Å²) < 4.78 is 4.11. The third-order valence-corrected chi connectivity index (χ3v) is 3.23. The van der Waals surface area contributed by atoms with Crippen LogP contribution in [0.4, 0.5) is 0 Å². The summed E-state index contributed by atoms with van der Waals surface area (Å²) in [5, 5.41) is 0. The third-order valence-electron chi connectivity index (χ3n) is 2.35. The zero-order valence-corrected chi connectivity index (χ0v) is 9.36. The van der Waals surface area contributed by atoms with Crippen molar-refractivity contribution in [2.45, 2.75) is 34.1 Å². The van der Waals surface area contributed by atoms with E-state index in [4.69, 9.17) is 0 Å². The number of hydrogen-bond donors (Lipinski definition) is 0. The molecule has 1 rings (SSSR count). The standard InChI is InChI=1S/C10H15NOS/c1-5-10(3,4)9(12)8-6-7(2)11-13-8/h6H,5H2,1-4H3. The highest BCUT2D eigenvalue weighted by molar-refractivity contribution is 7.08. The van der Waals surface area contributed by atoms with Gasteiger partial charge in [0.15, 0.2) is 5.78 Å². The van der Waals surface area contributed by atoms with Gasteiger partial charge in [-0.1, -0.05) is 20.8 Å². The first-order chi connectivity index (χ1) is 5.97. The van der Waals surface area contributed by atoms with Crippen molar-refractivity contribution in [1.82, 2.24) is 4.37 Å². The van der Waals surface area contributed by atoms with Crippen molar-refractivity contribution in [3.8, 4) is 0 Å². The molecule has 3 heteroatoms. The summed E-state index contributed by atoms with van der Waals surface area (Å²) in [6, 6.07) is 1.87. The topological polar surface area (TPSA) is 30.0 Å². The Labute approximate surface area is 83.1 Å². The largest absolute Gasteiger partial charge is 0.293 e. The van der Waals surface area contributed by atoms with E-state index >= 15 is 0 Å². The Morgan fingerprint density at radius 2 is 2.23 bits per heavy atom. The lowest BCUT2D eigenvalue weighted by Gasteiger charge is -2.19. The van der Waals surface area contributed by atoms with Crippen molar-refractivity contribution < 1.29 is 4.79 Å². The number of rotatable bonds is 3. The molecule has 0 fully saturated rings. The lowest BCUT2D eigenvalue weighted by Crippen LogP contribution is -2.22. The summed E-state index contributed by atoms with van der Waals surface area (Å²) in [7, 11) is 0. The lowest BCUT2D eigenvalue weighted by atomic mass is 9.84. The zero-order valence-electron chi connectivity index (χ0n) is 8.55. The van der Waals surface area contributed by atoms with E-state index in [1.807, 2.05) is 33.8 Å². The molecule has 0 radical (unpaired) electrons. The second-order valence-electron chi connectivity index (χ2n) is 3.90. The molecule has 0 aliphatic rings. The van der Waals surface area contributed by atoms with Gasteiger partial charge in [0.2, 0.25) is 0 Å². The van der Waals surface area contributed by atoms with Gasteiger partial charge < -0.3 is 0 Å². The maximum absolute atomic E-state index is 11.9. The van der Waals surface area contributed by atoms with Crippen molar-refractivity contribution >= 4 is 17.3 Å². The molecular weight excluding hydrogens is 182 g/mol. The second kappa shape index (κ2) is 3.58. The Morgan fingerprint density at radius 3 is 2.62 bits per heavy atom. The van der Waals surface area contributed by atoms with Crippen LogP contribution in [0, 0.1) is 12.3 Å². The molecule has 0 unspecified atom stereocenters. The maximum Gasteiger partial charge on any atom is 0.179 e. The normalized spacial score (nSPS) is 11.7. The molecule has 1 heterocycles. The van der Waals surface area contributed by atoms with E-state index in [2.05, 4.69) is 4.37 Å². The second-order valence-corrected chi connectivity index (χ2v) is 4.70. The van der Waals surface area contributed by atoms with Crippen LogP contribution in [0.25, 0.3) is 0 Å². The zero-order chi connectivity index (χ0) is 10.1. The quantitative estimate of drug-likeness (QED) is 0.697. The molecule has 0 saturated carbocycles. The van der Waals surface area contributed by atoms with Gasteiger partial charge in [0.1, 0.15) is 0 Å². The SMILES string of the molecule is CCC(C)(C)C(=O)c1cc(C)ns1. The average Bonchev–Trinajstić information content (AvgIpc) is 2.50. The van der Waals surface area contributed by atoms with Gasteiger partial charge in [0.25, 0.3) is 0 Å². The average molecular weight is 197 g/mol. The number of aryl methyl sites for hydroxylation is 1. The number of carbonyl (C=O) groups excluding carboxylic acids is 1. The monoisotopic (exact) mass is 197 g/mol. The molecule has 0 atom stereocenters. The van der Waals surface area contributed by atoms with Gasteiger partial charge in [0, 0.05) is 5.41 Å². The molecule has 13 heavy (non-hydrogen) atoms. The van der Waals surface area contributed by atoms with Crippen LogP contribution in [0.3, 0.4) is 0 Å². The van der Waals surface area contributed by atoms with E-state index in [9.17, 15) is 4.79 Å². The van der Waals surface area contributed by atoms with Crippen LogP contribution in [0.5, 0.6) is 0 Å². The minimum atomic E-state index is -0.251. The van der Waals surface area contributed by atoms with Gasteiger partial charge in [-0.2, -0.15) is 4.37 Å². The fraction of sp³-hybridized carbons (Fsp3) is 0.600. The first-order valence-corrected chi connectivity index (χ1v) is 5.23. The third kappa shape index (κ3) is 2.15. The van der Waals surface area contributed by atoms with Crippen LogP contribution in [-0.2, 0) is 0 Å². The Morgan fingerprint density at radius 1 is 1.62 bits per heavy atom. The highest BCUT2D eigenvalue weighted by Gasteiger charge is 2.27. The van der Waals surface area contributed by atoms with E-state index < -0.39 is 0 Å². The Bertz CT molecular complexity index is 314. The fourth-order valence-electron chi connectivity index (χ4n) is 0.965. The summed E-state index contributed by atoms with van der Waals surface area (Å²) in [5.41, 5.74) is 0.680. The van der Waals surface area contributed by atoms with Gasteiger partial charge >= 0.3 is 0 Å². The van der Waals surface area contributed by atoms with Crippen molar-refractivity contribution in [3.05, 3.63) is 16.6 Å². The highest BCUT2D eigenvalue weighted by Crippen LogP contribution is 2.27. The Hall–Kier alpha value is -0.700. The maximum atomic E-state index is 11.9. The Balaban J connectivity index is 2.91. The van der Waals surface area contributed by atoms with Crippen LogP contribution in [0.2, 0.25) is 0 Å². The van der Waals surface area contributed by atoms with E-state index in [1.165, 1.54) is 11.5 Å². The molecule has 0 amide bonds. The smallest absolute Gasteiger partial charge is 0.179 e. The molecule has 0 aliphatic carbocycles. The van der Waals surface area contributed by atoms with Gasteiger partial charge in [-0.3, -0.25) is 4.79 Å². The van der Waals surface area contributed by atoms with E-state index in [-0.39, 0.29) is 11.2 Å². The summed E-state index contributed by atoms with van der Waals surface area (Å²) in [6.45, 7) is 7.90. The molecule has 2 nitrogen and oxygen atoms in total. The van der Waals surface area contributed by atoms with Gasteiger partial charge in [0.05, 0.1) is 10.6 Å². The molecule has 0 spiro atoms. The first-order valence-electron chi connectivity index (χ1n) is 4.45. The number of carbonyl (C=O) groups is 1. The Kier molecular flexibility index (Phi) is 2.86. The molecule has 0 aromatic carbocycles. The molecule has 0 N–H and O–H groups in total. The summed E-state index contributed by atoms with van der Waals surface area (Å²) >= 11 is 1.30. The van der Waals surface area contributed by atoms with Gasteiger partial charge in [-0.05, 0) is 30.9 Å². The molecule has 0 bridgehead atoms. The van der Waals surface area contributed by atoms with Gasteiger partial charge in [-0.25, -0.2) is 0 Å². The first kappa shape index (κ1) is 10.4. The van der Waals surface area contributed by atoms with Crippen LogP contribution in [0.15, 0.2) is 6.07 Å². The van der Waals surface area contributed by atoms with Crippen LogP contribution in [-0.4, -0.2) is 10.2 Å². The van der Waals surface area contributed by atoms with Crippen molar-refractivity contribution in [2.24, 2.45) is 5.41 Å². The summed E-state index contributed by atoms with van der Waals surface area (Å²) in [4.78, 5) is 12.7. The van der Waals surface area contributed by atoms with Crippen molar-refractivity contribution in [2.75, 3.05) is 0 Å². The number of hydrogen-bond acceptors (Lipinski definition) is 3. The van der Waals surface area contributed by atoms with Crippen LogP contribution < -0.4 is 0 Å². The number of ketones is 1. The molecular formula is C10H15NOS. The molecule has 72 valence electrons. The molecule has 0 aliphatic heterocycles. The molecule has 1 aromatic rings. The predicted octanol–water partition coefficient (Wildman–Crippen LogP) is 3.07. The minimum Gasteiger partial charge on any atom is -0.293 e. The van der Waals surface area contributed by atoms with Crippen molar-refractivity contribution in [3.63, 3.8) is 0 Å². The number of Topliss-reactive ketones (excluding diaryl/α,β-unsaturated/α-hetero) is 1. The highest BCUT2D eigenvalue weighted by atomic mass is 32.1. The van der Waals surface area contributed by atoms with E-state index in [1.54, 1.807) is 0 Å². The van der Waals surface area contributed by atoms with E-state index in [0.717, 1.165) is 17.0 Å². The minimum absolute atomic E-state index is 0.209. The van der Waals surface area contributed by atoms with Crippen LogP contribution in [0.1, 0.15) is 42.6 Å². The van der Waals surface area contributed by atoms with Crippen LogP contribution >= 0.6 is 11.5 Å². The predicted molar refractivity (Wildman–Crippen MR) is 55.3 cm³/mol. The number of aromatic nitrogens is 1. The summed E-state index contributed by atoms with van der Waals surface area (Å²) in [6.07, 6.45) is 0.864. The number of nitrogens with zero attached hydrogens (tertiary/aromatic N) is 1. The van der Waals surface area contributed by atoms with E-state index in [0.29, 0.717) is 0 Å². The summed E-state index contributed by atoms with van der Waals surface area (Å²) in [5.74, 6) is 0.209. The molecule has 0 saturated heterocycles. The fourth-order valence-corrected chi connectivity index (χ4v) is 1.84.